The molecule has 76 valence electrons. The van der Waals surface area contributed by atoms with Crippen LogP contribution in [0.25, 0.3) is 0 Å². The summed E-state index contributed by atoms with van der Waals surface area (Å²) in [5.74, 6) is 0.451. The van der Waals surface area contributed by atoms with Crippen LogP contribution in [0.5, 0.6) is 0 Å². The zero-order valence-corrected chi connectivity index (χ0v) is 8.46. The fourth-order valence-electron chi connectivity index (χ4n) is 1.03. The topological polar surface area (TPSA) is 64.3 Å². The van der Waals surface area contributed by atoms with Crippen molar-refractivity contribution in [2.24, 2.45) is 11.7 Å². The van der Waals surface area contributed by atoms with Crippen molar-refractivity contribution in [2.75, 3.05) is 6.54 Å². The Morgan fingerprint density at radius 3 is 2.54 bits per heavy atom. The fraction of sp³-hybridized carbons (Fsp3) is 0.889. The first kappa shape index (κ1) is 10.3. The maximum atomic E-state index is 11.1. The van der Waals surface area contributed by atoms with Crippen molar-refractivity contribution in [3.63, 3.8) is 0 Å². The van der Waals surface area contributed by atoms with Crippen molar-refractivity contribution in [2.45, 2.75) is 38.8 Å². The molecule has 0 spiro atoms. The summed E-state index contributed by atoms with van der Waals surface area (Å²) in [6, 6.07) is 0.273. The second-order valence-corrected chi connectivity index (χ2v) is 4.54. The molecular weight excluding hydrogens is 168 g/mol. The molecule has 1 aliphatic rings. The summed E-state index contributed by atoms with van der Waals surface area (Å²) in [4.78, 5) is 11.1. The first-order valence-electron chi connectivity index (χ1n) is 4.61. The van der Waals surface area contributed by atoms with Gasteiger partial charge in [0.05, 0.1) is 0 Å². The van der Waals surface area contributed by atoms with Crippen LogP contribution < -0.4 is 11.1 Å². The van der Waals surface area contributed by atoms with Crippen molar-refractivity contribution in [3.05, 3.63) is 0 Å². The van der Waals surface area contributed by atoms with E-state index in [9.17, 15) is 4.79 Å². The van der Waals surface area contributed by atoms with E-state index < -0.39 is 5.60 Å². The van der Waals surface area contributed by atoms with Gasteiger partial charge in [-0.2, -0.15) is 0 Å². The molecule has 13 heavy (non-hydrogen) atoms. The van der Waals surface area contributed by atoms with E-state index >= 15 is 0 Å². The molecule has 1 aliphatic carbocycles. The predicted octanol–water partition coefficient (Wildman–Crippen LogP) is 0.858. The Kier molecular flexibility index (Phi) is 2.81. The average molecular weight is 186 g/mol. The zero-order valence-electron chi connectivity index (χ0n) is 8.46. The monoisotopic (exact) mass is 186 g/mol. The van der Waals surface area contributed by atoms with Crippen LogP contribution in [0, 0.1) is 5.92 Å². The van der Waals surface area contributed by atoms with Gasteiger partial charge in [0.2, 0.25) is 0 Å². The van der Waals surface area contributed by atoms with Crippen molar-refractivity contribution >= 4 is 6.09 Å². The van der Waals surface area contributed by atoms with Crippen LogP contribution >= 0.6 is 0 Å². The first-order valence-corrected chi connectivity index (χ1v) is 4.61. The van der Waals surface area contributed by atoms with Gasteiger partial charge < -0.3 is 15.8 Å². The lowest BCUT2D eigenvalue weighted by Gasteiger charge is -2.19. The van der Waals surface area contributed by atoms with Crippen LogP contribution in [0.15, 0.2) is 0 Å². The minimum absolute atomic E-state index is 0.273. The van der Waals surface area contributed by atoms with Gasteiger partial charge in [0.1, 0.15) is 5.60 Å². The van der Waals surface area contributed by atoms with E-state index in [-0.39, 0.29) is 12.1 Å². The number of nitrogens with two attached hydrogens (primary N) is 1. The Bertz CT molecular complexity index is 198. The van der Waals surface area contributed by atoms with Gasteiger partial charge in [-0.15, -0.1) is 0 Å². The number of carbonyl (C=O) groups is 1. The van der Waals surface area contributed by atoms with Crippen LogP contribution in [0.1, 0.15) is 27.2 Å². The van der Waals surface area contributed by atoms with E-state index in [2.05, 4.69) is 5.32 Å². The highest BCUT2D eigenvalue weighted by Gasteiger charge is 2.33. The molecule has 0 heterocycles. The second-order valence-electron chi connectivity index (χ2n) is 4.54. The van der Waals surface area contributed by atoms with E-state index in [1.807, 2.05) is 20.8 Å². The minimum Gasteiger partial charge on any atom is -0.444 e. The van der Waals surface area contributed by atoms with Crippen LogP contribution in [-0.4, -0.2) is 24.3 Å². The highest BCUT2D eigenvalue weighted by atomic mass is 16.6. The molecule has 1 rings (SSSR count). The molecule has 0 aromatic carbocycles. The number of hydrogen-bond donors (Lipinski definition) is 2. The Morgan fingerprint density at radius 2 is 2.15 bits per heavy atom. The molecule has 0 radical (unpaired) electrons. The summed E-state index contributed by atoms with van der Waals surface area (Å²) in [6.45, 7) is 6.16. The predicted molar refractivity (Wildman–Crippen MR) is 50.3 cm³/mol. The molecule has 4 heteroatoms. The Morgan fingerprint density at radius 1 is 1.62 bits per heavy atom. The number of carbonyl (C=O) groups excluding carboxylic acids is 1. The third kappa shape index (κ3) is 4.12. The molecule has 1 amide bonds. The summed E-state index contributed by atoms with van der Waals surface area (Å²) >= 11 is 0. The SMILES string of the molecule is CC(C)(C)OC(=O)NC[C@H]1C[C@H]1N. The van der Waals surface area contributed by atoms with E-state index in [0.29, 0.717) is 12.5 Å². The summed E-state index contributed by atoms with van der Waals surface area (Å²) in [7, 11) is 0. The van der Waals surface area contributed by atoms with Gasteiger partial charge in [0.25, 0.3) is 0 Å². The standard InChI is InChI=1S/C9H18N2O2/c1-9(2,3)13-8(12)11-5-6-4-7(6)10/h6-7H,4-5,10H2,1-3H3,(H,11,12)/t6-,7-/m1/s1. The molecule has 0 aromatic rings. The van der Waals surface area contributed by atoms with Crippen molar-refractivity contribution in [3.8, 4) is 0 Å². The normalized spacial score (nSPS) is 26.8. The number of amides is 1. The number of nitrogens with one attached hydrogen (secondary N) is 1. The Balaban J connectivity index is 2.11. The van der Waals surface area contributed by atoms with Gasteiger partial charge in [0, 0.05) is 12.6 Å². The van der Waals surface area contributed by atoms with Crippen LogP contribution in [0.3, 0.4) is 0 Å². The lowest BCUT2D eigenvalue weighted by molar-refractivity contribution is 0.0525. The first-order chi connectivity index (χ1) is 5.88. The third-order valence-electron chi connectivity index (χ3n) is 1.88. The van der Waals surface area contributed by atoms with Gasteiger partial charge in [-0.3, -0.25) is 0 Å². The molecular formula is C9H18N2O2. The summed E-state index contributed by atoms with van der Waals surface area (Å²) in [5, 5.41) is 2.69. The summed E-state index contributed by atoms with van der Waals surface area (Å²) in [6.07, 6.45) is 0.655. The number of rotatable bonds is 2. The summed E-state index contributed by atoms with van der Waals surface area (Å²) < 4.78 is 5.06. The molecule has 4 nitrogen and oxygen atoms in total. The molecule has 3 N–H and O–H groups in total. The van der Waals surface area contributed by atoms with E-state index in [0.717, 1.165) is 6.42 Å². The maximum absolute atomic E-state index is 11.1. The molecule has 0 bridgehead atoms. The van der Waals surface area contributed by atoms with Crippen molar-refractivity contribution in [1.29, 1.82) is 0 Å². The molecule has 0 saturated heterocycles. The highest BCUT2D eigenvalue weighted by Crippen LogP contribution is 2.26. The number of hydrogen-bond acceptors (Lipinski definition) is 3. The molecule has 0 aliphatic heterocycles. The van der Waals surface area contributed by atoms with E-state index in [1.165, 1.54) is 0 Å². The van der Waals surface area contributed by atoms with Crippen LogP contribution in [-0.2, 0) is 4.74 Å². The molecule has 1 fully saturated rings. The van der Waals surface area contributed by atoms with Gasteiger partial charge in [-0.1, -0.05) is 0 Å². The largest absolute Gasteiger partial charge is 0.444 e. The third-order valence-corrected chi connectivity index (χ3v) is 1.88. The smallest absolute Gasteiger partial charge is 0.407 e. The van der Waals surface area contributed by atoms with Gasteiger partial charge >= 0.3 is 6.09 Å². The quantitative estimate of drug-likeness (QED) is 0.672. The van der Waals surface area contributed by atoms with Crippen LogP contribution in [0.2, 0.25) is 0 Å². The van der Waals surface area contributed by atoms with Crippen molar-refractivity contribution in [1.82, 2.24) is 5.32 Å². The lowest BCUT2D eigenvalue weighted by Crippen LogP contribution is -2.34. The van der Waals surface area contributed by atoms with Gasteiger partial charge in [-0.05, 0) is 33.1 Å². The van der Waals surface area contributed by atoms with Crippen molar-refractivity contribution < 1.29 is 9.53 Å². The minimum atomic E-state index is -0.421. The van der Waals surface area contributed by atoms with E-state index in [1.54, 1.807) is 0 Å². The van der Waals surface area contributed by atoms with E-state index in [4.69, 9.17) is 10.5 Å². The molecule has 0 unspecified atom stereocenters. The van der Waals surface area contributed by atoms with Crippen LogP contribution in [0.4, 0.5) is 4.79 Å². The number of alkyl carbamates (subject to hydrolysis) is 1. The highest BCUT2D eigenvalue weighted by molar-refractivity contribution is 5.67. The molecule has 0 aromatic heterocycles. The molecule has 2 atom stereocenters. The van der Waals surface area contributed by atoms with Gasteiger partial charge in [-0.25, -0.2) is 4.79 Å². The van der Waals surface area contributed by atoms with Gasteiger partial charge in [0.15, 0.2) is 0 Å². The number of ether oxygens (including phenoxy) is 1. The Hall–Kier alpha value is -0.770. The lowest BCUT2D eigenvalue weighted by atomic mass is 10.2. The fourth-order valence-corrected chi connectivity index (χ4v) is 1.03. The molecule has 1 saturated carbocycles. The summed E-state index contributed by atoms with van der Waals surface area (Å²) in [5.41, 5.74) is 5.17. The zero-order chi connectivity index (χ0) is 10.1. The Labute approximate surface area is 78.8 Å². The second kappa shape index (κ2) is 3.54. The average Bonchev–Trinajstić information content (AvgIpc) is 2.58. The maximum Gasteiger partial charge on any atom is 0.407 e.